The van der Waals surface area contributed by atoms with Crippen LogP contribution in [0.2, 0.25) is 0 Å². The summed E-state index contributed by atoms with van der Waals surface area (Å²) >= 11 is 0. The molecule has 0 spiro atoms. The SMILES string of the molecule is COCC(=O)CCCOCCOCCOCCOCC(C)=O. The molecule has 0 unspecified atom stereocenters. The lowest BCUT2D eigenvalue weighted by Crippen LogP contribution is -2.13. The van der Waals surface area contributed by atoms with E-state index in [1.54, 1.807) is 0 Å². The molecule has 0 atom stereocenters. The summed E-state index contributed by atoms with van der Waals surface area (Å²) in [5.74, 6) is 0.0955. The van der Waals surface area contributed by atoms with E-state index in [-0.39, 0.29) is 24.8 Å². The molecule has 0 aliphatic carbocycles. The first-order valence-corrected chi connectivity index (χ1v) is 7.48. The van der Waals surface area contributed by atoms with Gasteiger partial charge in [0.1, 0.15) is 13.2 Å². The zero-order valence-electron chi connectivity index (χ0n) is 13.6. The second kappa shape index (κ2) is 16.5. The van der Waals surface area contributed by atoms with Crippen LogP contribution in [-0.2, 0) is 33.3 Å². The number of hydrogen-bond acceptors (Lipinski definition) is 7. The molecule has 22 heavy (non-hydrogen) atoms. The predicted molar refractivity (Wildman–Crippen MR) is 80.1 cm³/mol. The molecule has 0 saturated heterocycles. The van der Waals surface area contributed by atoms with Gasteiger partial charge in [0, 0.05) is 20.1 Å². The first-order chi connectivity index (χ1) is 10.7. The minimum atomic E-state index is 0.00592. The van der Waals surface area contributed by atoms with Gasteiger partial charge in [-0.25, -0.2) is 0 Å². The van der Waals surface area contributed by atoms with E-state index in [0.717, 1.165) is 0 Å². The molecular formula is C15H28O7. The Kier molecular flexibility index (Phi) is 15.9. The molecule has 7 nitrogen and oxygen atoms in total. The Hall–Kier alpha value is -0.860. The second-order valence-electron chi connectivity index (χ2n) is 4.67. The van der Waals surface area contributed by atoms with Gasteiger partial charge in [0.2, 0.25) is 0 Å². The van der Waals surface area contributed by atoms with Crippen molar-refractivity contribution in [3.05, 3.63) is 0 Å². The number of ketones is 2. The van der Waals surface area contributed by atoms with Gasteiger partial charge in [-0.05, 0) is 13.3 Å². The summed E-state index contributed by atoms with van der Waals surface area (Å²) in [4.78, 5) is 21.7. The quantitative estimate of drug-likeness (QED) is 0.364. The molecule has 0 bridgehead atoms. The molecule has 0 aliphatic heterocycles. The lowest BCUT2D eigenvalue weighted by atomic mass is 10.2. The fraction of sp³-hybridized carbons (Fsp3) is 0.867. The molecule has 0 saturated carbocycles. The first kappa shape index (κ1) is 21.1. The molecule has 0 aromatic heterocycles. The van der Waals surface area contributed by atoms with Crippen LogP contribution in [0.1, 0.15) is 19.8 Å². The highest BCUT2D eigenvalue weighted by molar-refractivity contribution is 5.79. The van der Waals surface area contributed by atoms with Crippen LogP contribution in [0.25, 0.3) is 0 Å². The van der Waals surface area contributed by atoms with E-state index >= 15 is 0 Å². The Morgan fingerprint density at radius 1 is 0.727 bits per heavy atom. The van der Waals surface area contributed by atoms with Crippen LogP contribution in [0.15, 0.2) is 0 Å². The minimum Gasteiger partial charge on any atom is -0.379 e. The van der Waals surface area contributed by atoms with Crippen molar-refractivity contribution in [1.29, 1.82) is 0 Å². The second-order valence-corrected chi connectivity index (χ2v) is 4.67. The minimum absolute atomic E-state index is 0.00592. The van der Waals surface area contributed by atoms with E-state index in [2.05, 4.69) is 0 Å². The van der Waals surface area contributed by atoms with Gasteiger partial charge in [-0.2, -0.15) is 0 Å². The molecule has 0 radical (unpaired) electrons. The highest BCUT2D eigenvalue weighted by atomic mass is 16.6. The van der Waals surface area contributed by atoms with Crippen molar-refractivity contribution >= 4 is 11.6 Å². The number of carbonyl (C=O) groups excluding carboxylic acids is 2. The van der Waals surface area contributed by atoms with Gasteiger partial charge in [0.05, 0.1) is 39.6 Å². The number of ether oxygens (including phenoxy) is 5. The monoisotopic (exact) mass is 320 g/mol. The first-order valence-electron chi connectivity index (χ1n) is 7.48. The zero-order chi connectivity index (χ0) is 16.5. The standard InChI is InChI=1S/C15H28O7/c1-14(16)12-22-11-10-21-9-8-20-7-6-19-5-3-4-15(17)13-18-2/h3-13H2,1-2H3. The fourth-order valence-electron chi connectivity index (χ4n) is 1.48. The van der Waals surface area contributed by atoms with Crippen LogP contribution < -0.4 is 0 Å². The van der Waals surface area contributed by atoms with E-state index in [0.29, 0.717) is 59.1 Å². The van der Waals surface area contributed by atoms with Crippen molar-refractivity contribution in [3.63, 3.8) is 0 Å². The Labute approximate surface area is 132 Å². The molecule has 0 fully saturated rings. The summed E-state index contributed by atoms with van der Waals surface area (Å²) in [5.41, 5.74) is 0. The number of methoxy groups -OCH3 is 1. The smallest absolute Gasteiger partial charge is 0.158 e. The maximum Gasteiger partial charge on any atom is 0.158 e. The molecule has 7 heteroatoms. The zero-order valence-corrected chi connectivity index (χ0v) is 13.6. The van der Waals surface area contributed by atoms with Crippen LogP contribution >= 0.6 is 0 Å². The molecular weight excluding hydrogens is 292 g/mol. The summed E-state index contributed by atoms with van der Waals surface area (Å²) in [6.07, 6.45) is 1.18. The van der Waals surface area contributed by atoms with Crippen LogP contribution in [-0.4, -0.2) is 78.1 Å². The summed E-state index contributed by atoms with van der Waals surface area (Å²) in [6, 6.07) is 0. The molecule has 0 amide bonds. The molecule has 0 aliphatic rings. The van der Waals surface area contributed by atoms with E-state index in [9.17, 15) is 9.59 Å². The van der Waals surface area contributed by atoms with E-state index in [1.165, 1.54) is 14.0 Å². The highest BCUT2D eigenvalue weighted by Crippen LogP contribution is 1.93. The van der Waals surface area contributed by atoms with Crippen LogP contribution in [0.3, 0.4) is 0 Å². The topological polar surface area (TPSA) is 80.3 Å². The molecule has 0 rings (SSSR count). The highest BCUT2D eigenvalue weighted by Gasteiger charge is 2.00. The predicted octanol–water partition coefficient (Wildman–Crippen LogP) is 0.638. The molecule has 130 valence electrons. The summed E-state index contributed by atoms with van der Waals surface area (Å²) in [7, 11) is 1.51. The summed E-state index contributed by atoms with van der Waals surface area (Å²) < 4.78 is 25.7. The third-order valence-electron chi connectivity index (χ3n) is 2.47. The van der Waals surface area contributed by atoms with Crippen molar-refractivity contribution in [3.8, 4) is 0 Å². The van der Waals surface area contributed by atoms with Crippen molar-refractivity contribution in [2.75, 3.05) is 66.6 Å². The lowest BCUT2D eigenvalue weighted by molar-refractivity contribution is -0.123. The third kappa shape index (κ3) is 17.2. The lowest BCUT2D eigenvalue weighted by Gasteiger charge is -2.07. The van der Waals surface area contributed by atoms with Crippen LogP contribution in [0, 0.1) is 0 Å². The van der Waals surface area contributed by atoms with Crippen LogP contribution in [0.4, 0.5) is 0 Å². The van der Waals surface area contributed by atoms with Crippen LogP contribution in [0.5, 0.6) is 0 Å². The third-order valence-corrected chi connectivity index (χ3v) is 2.47. The fourth-order valence-corrected chi connectivity index (χ4v) is 1.48. The summed E-state index contributed by atoms with van der Waals surface area (Å²) in [6.45, 7) is 5.15. The average molecular weight is 320 g/mol. The Morgan fingerprint density at radius 2 is 1.23 bits per heavy atom. The van der Waals surface area contributed by atoms with E-state index in [1.807, 2.05) is 0 Å². The number of carbonyl (C=O) groups is 2. The van der Waals surface area contributed by atoms with Gasteiger partial charge >= 0.3 is 0 Å². The van der Waals surface area contributed by atoms with Crippen molar-refractivity contribution in [2.45, 2.75) is 19.8 Å². The largest absolute Gasteiger partial charge is 0.379 e. The number of hydrogen-bond donors (Lipinski definition) is 0. The maximum absolute atomic E-state index is 11.1. The molecule has 0 aromatic rings. The molecule has 0 N–H and O–H groups in total. The Morgan fingerprint density at radius 3 is 1.73 bits per heavy atom. The van der Waals surface area contributed by atoms with Gasteiger partial charge in [-0.15, -0.1) is 0 Å². The average Bonchev–Trinajstić information content (AvgIpc) is 2.47. The van der Waals surface area contributed by atoms with Gasteiger partial charge in [0.25, 0.3) is 0 Å². The van der Waals surface area contributed by atoms with Crippen molar-refractivity contribution < 1.29 is 33.3 Å². The van der Waals surface area contributed by atoms with Gasteiger partial charge < -0.3 is 23.7 Å². The summed E-state index contributed by atoms with van der Waals surface area (Å²) in [5, 5.41) is 0. The van der Waals surface area contributed by atoms with Gasteiger partial charge in [-0.3, -0.25) is 9.59 Å². The van der Waals surface area contributed by atoms with Crippen molar-refractivity contribution in [1.82, 2.24) is 0 Å². The van der Waals surface area contributed by atoms with E-state index < -0.39 is 0 Å². The van der Waals surface area contributed by atoms with Crippen molar-refractivity contribution in [2.24, 2.45) is 0 Å². The molecule has 0 heterocycles. The Balaban J connectivity index is 3.05. The normalized spacial score (nSPS) is 10.8. The molecule has 0 aromatic carbocycles. The Bertz CT molecular complexity index is 281. The maximum atomic E-state index is 11.1. The van der Waals surface area contributed by atoms with Gasteiger partial charge in [-0.1, -0.05) is 0 Å². The van der Waals surface area contributed by atoms with E-state index in [4.69, 9.17) is 23.7 Å². The number of rotatable bonds is 17. The number of Topliss-reactive ketones (excluding diaryl/α,β-unsaturated/α-hetero) is 2. The van der Waals surface area contributed by atoms with Gasteiger partial charge in [0.15, 0.2) is 11.6 Å².